The quantitative estimate of drug-likeness (QED) is 0.871. The van der Waals surface area contributed by atoms with Crippen molar-refractivity contribution in [3.05, 3.63) is 29.8 Å². The minimum absolute atomic E-state index is 0.0297. The largest absolute Gasteiger partial charge is 0.481 e. The molecule has 1 aromatic rings. The van der Waals surface area contributed by atoms with Crippen molar-refractivity contribution in [2.24, 2.45) is 5.92 Å². The molecule has 1 heterocycles. The molecule has 1 atom stereocenters. The number of aryl methyl sites for hydroxylation is 1. The summed E-state index contributed by atoms with van der Waals surface area (Å²) in [4.78, 5) is 24.8. The molecular weight excluding hydrogens is 268 g/mol. The van der Waals surface area contributed by atoms with Gasteiger partial charge in [-0.25, -0.2) is 0 Å². The Bertz CT molecular complexity index is 516. The fraction of sp³-hybridized carbons (Fsp3) is 0.500. The molecule has 1 amide bonds. The van der Waals surface area contributed by atoms with Crippen LogP contribution in [0.25, 0.3) is 0 Å². The second-order valence-electron chi connectivity index (χ2n) is 5.51. The lowest BCUT2D eigenvalue weighted by molar-refractivity contribution is -0.145. The topological polar surface area (TPSA) is 69.6 Å². The van der Waals surface area contributed by atoms with E-state index in [0.717, 1.165) is 17.7 Å². The van der Waals surface area contributed by atoms with Crippen molar-refractivity contribution in [3.8, 4) is 0 Å². The number of carboxylic acids is 1. The van der Waals surface area contributed by atoms with Gasteiger partial charge >= 0.3 is 5.97 Å². The smallest absolute Gasteiger partial charge is 0.308 e. The Morgan fingerprint density at radius 1 is 1.38 bits per heavy atom. The molecule has 1 aliphatic heterocycles. The van der Waals surface area contributed by atoms with Crippen LogP contribution in [-0.2, 0) is 9.59 Å². The molecule has 0 aromatic heterocycles. The number of amides is 1. The molecule has 0 radical (unpaired) electrons. The van der Waals surface area contributed by atoms with E-state index < -0.39 is 11.9 Å². The molecule has 0 saturated carbocycles. The van der Waals surface area contributed by atoms with Gasteiger partial charge in [-0.15, -0.1) is 0 Å². The predicted molar refractivity (Wildman–Crippen MR) is 81.2 cm³/mol. The number of carbonyl (C=O) groups excluding carboxylic acids is 1. The lowest BCUT2D eigenvalue weighted by Crippen LogP contribution is -2.42. The minimum Gasteiger partial charge on any atom is -0.481 e. The lowest BCUT2D eigenvalue weighted by Gasteiger charge is -2.30. The van der Waals surface area contributed by atoms with Crippen molar-refractivity contribution in [1.29, 1.82) is 0 Å². The number of nitrogens with one attached hydrogen (secondary N) is 1. The van der Waals surface area contributed by atoms with Crippen molar-refractivity contribution >= 4 is 17.6 Å². The van der Waals surface area contributed by atoms with Gasteiger partial charge < -0.3 is 15.3 Å². The number of piperidine rings is 1. The molecule has 5 heteroatoms. The van der Waals surface area contributed by atoms with Crippen LogP contribution in [0.3, 0.4) is 0 Å². The van der Waals surface area contributed by atoms with Crippen LogP contribution >= 0.6 is 0 Å². The Labute approximate surface area is 125 Å². The van der Waals surface area contributed by atoms with E-state index in [1.54, 1.807) is 4.90 Å². The van der Waals surface area contributed by atoms with Gasteiger partial charge in [-0.05, 0) is 31.4 Å². The van der Waals surface area contributed by atoms with Gasteiger partial charge in [0.25, 0.3) is 0 Å². The van der Waals surface area contributed by atoms with E-state index in [2.05, 4.69) is 5.32 Å². The summed E-state index contributed by atoms with van der Waals surface area (Å²) < 4.78 is 0. The number of carboxylic acid groups (broad SMARTS) is 1. The minimum atomic E-state index is -0.800. The van der Waals surface area contributed by atoms with Gasteiger partial charge in [-0.2, -0.15) is 0 Å². The Morgan fingerprint density at radius 2 is 2.14 bits per heavy atom. The second-order valence-corrected chi connectivity index (χ2v) is 5.51. The number of aliphatic carboxylic acids is 1. The molecule has 1 fully saturated rings. The molecule has 5 nitrogen and oxygen atoms in total. The molecule has 2 N–H and O–H groups in total. The number of likely N-dealkylation sites (tertiary alicyclic amines) is 1. The number of hydrogen-bond donors (Lipinski definition) is 2. The second kappa shape index (κ2) is 7.11. The summed E-state index contributed by atoms with van der Waals surface area (Å²) in [6, 6.07) is 7.94. The van der Waals surface area contributed by atoms with Crippen LogP contribution in [-0.4, -0.2) is 41.5 Å². The fourth-order valence-electron chi connectivity index (χ4n) is 2.64. The van der Waals surface area contributed by atoms with E-state index in [1.165, 1.54) is 0 Å². The highest BCUT2D eigenvalue weighted by Gasteiger charge is 2.27. The third-order valence-corrected chi connectivity index (χ3v) is 3.92. The van der Waals surface area contributed by atoms with Crippen molar-refractivity contribution in [3.63, 3.8) is 0 Å². The summed E-state index contributed by atoms with van der Waals surface area (Å²) in [6.45, 7) is 3.61. The highest BCUT2D eigenvalue weighted by molar-refractivity contribution is 5.78. The number of carbonyl (C=O) groups is 2. The zero-order chi connectivity index (χ0) is 15.2. The molecule has 0 spiro atoms. The lowest BCUT2D eigenvalue weighted by atomic mass is 9.98. The SMILES string of the molecule is Cc1ccccc1NCCC(=O)N1CCCC(C(=O)O)C1. The first kappa shape index (κ1) is 15.4. The maximum absolute atomic E-state index is 12.1. The van der Waals surface area contributed by atoms with E-state index in [0.29, 0.717) is 32.5 Å². The fourth-order valence-corrected chi connectivity index (χ4v) is 2.64. The highest BCUT2D eigenvalue weighted by atomic mass is 16.4. The third kappa shape index (κ3) is 4.21. The summed E-state index contributed by atoms with van der Waals surface area (Å²) in [7, 11) is 0. The molecule has 2 rings (SSSR count). The first-order valence-electron chi connectivity index (χ1n) is 7.38. The summed E-state index contributed by atoms with van der Waals surface area (Å²) in [6.07, 6.45) is 1.83. The number of hydrogen-bond acceptors (Lipinski definition) is 3. The molecule has 1 unspecified atom stereocenters. The number of para-hydroxylation sites is 1. The first-order valence-corrected chi connectivity index (χ1v) is 7.38. The van der Waals surface area contributed by atoms with Crippen LogP contribution in [0.15, 0.2) is 24.3 Å². The summed E-state index contributed by atoms with van der Waals surface area (Å²) in [5, 5.41) is 12.3. The molecule has 0 bridgehead atoms. The summed E-state index contributed by atoms with van der Waals surface area (Å²) in [5.74, 6) is -1.18. The van der Waals surface area contributed by atoms with Gasteiger partial charge in [0.2, 0.25) is 5.91 Å². The van der Waals surface area contributed by atoms with Crippen LogP contribution in [0.1, 0.15) is 24.8 Å². The third-order valence-electron chi connectivity index (χ3n) is 3.92. The van der Waals surface area contributed by atoms with Gasteiger partial charge in [0.15, 0.2) is 0 Å². The van der Waals surface area contributed by atoms with Crippen LogP contribution < -0.4 is 5.32 Å². The molecule has 114 valence electrons. The predicted octanol–water partition coefficient (Wildman–Crippen LogP) is 2.12. The van der Waals surface area contributed by atoms with Gasteiger partial charge in [-0.1, -0.05) is 18.2 Å². The van der Waals surface area contributed by atoms with Gasteiger partial charge in [0.1, 0.15) is 0 Å². The number of rotatable bonds is 5. The van der Waals surface area contributed by atoms with E-state index in [1.807, 2.05) is 31.2 Å². The zero-order valence-electron chi connectivity index (χ0n) is 12.3. The molecule has 1 aliphatic rings. The average Bonchev–Trinajstić information content (AvgIpc) is 2.49. The highest BCUT2D eigenvalue weighted by Crippen LogP contribution is 2.18. The van der Waals surface area contributed by atoms with Crippen LogP contribution in [0.5, 0.6) is 0 Å². The maximum atomic E-state index is 12.1. The Morgan fingerprint density at radius 3 is 2.86 bits per heavy atom. The molecule has 1 saturated heterocycles. The van der Waals surface area contributed by atoms with Gasteiger partial charge in [-0.3, -0.25) is 9.59 Å². The summed E-state index contributed by atoms with van der Waals surface area (Å²) in [5.41, 5.74) is 2.18. The van der Waals surface area contributed by atoms with Crippen molar-refractivity contribution < 1.29 is 14.7 Å². The van der Waals surface area contributed by atoms with Gasteiger partial charge in [0, 0.05) is 31.7 Å². The van der Waals surface area contributed by atoms with Gasteiger partial charge in [0.05, 0.1) is 5.92 Å². The first-order chi connectivity index (χ1) is 10.1. The normalized spacial score (nSPS) is 18.3. The molecule has 21 heavy (non-hydrogen) atoms. The Balaban J connectivity index is 1.79. The van der Waals surface area contributed by atoms with E-state index in [-0.39, 0.29) is 5.91 Å². The number of anilines is 1. The summed E-state index contributed by atoms with van der Waals surface area (Å²) >= 11 is 0. The zero-order valence-corrected chi connectivity index (χ0v) is 12.3. The van der Waals surface area contributed by atoms with E-state index in [9.17, 15) is 9.59 Å². The monoisotopic (exact) mass is 290 g/mol. The Hall–Kier alpha value is -2.04. The van der Waals surface area contributed by atoms with Crippen molar-refractivity contribution in [1.82, 2.24) is 4.90 Å². The molecule has 0 aliphatic carbocycles. The van der Waals surface area contributed by atoms with Crippen LogP contribution in [0, 0.1) is 12.8 Å². The molecule has 1 aromatic carbocycles. The maximum Gasteiger partial charge on any atom is 0.308 e. The van der Waals surface area contributed by atoms with Crippen molar-refractivity contribution in [2.75, 3.05) is 25.0 Å². The van der Waals surface area contributed by atoms with Crippen LogP contribution in [0.4, 0.5) is 5.69 Å². The van der Waals surface area contributed by atoms with E-state index in [4.69, 9.17) is 5.11 Å². The van der Waals surface area contributed by atoms with Crippen molar-refractivity contribution in [2.45, 2.75) is 26.2 Å². The van der Waals surface area contributed by atoms with Crippen LogP contribution in [0.2, 0.25) is 0 Å². The average molecular weight is 290 g/mol. The number of benzene rings is 1. The number of nitrogens with zero attached hydrogens (tertiary/aromatic N) is 1. The van der Waals surface area contributed by atoms with E-state index >= 15 is 0 Å². The standard InChI is InChI=1S/C16H22N2O3/c1-12-5-2-3-7-14(12)17-9-8-15(19)18-10-4-6-13(11-18)16(20)21/h2-3,5,7,13,17H,4,6,8-11H2,1H3,(H,20,21). The Kier molecular flexibility index (Phi) is 5.20. The molecular formula is C16H22N2O3.